The molecular formula is C30H50O2. The average Bonchev–Trinajstić information content (AvgIpc) is 2.71. The molecule has 1 aliphatic rings. The first kappa shape index (κ1) is 26.8. The molecule has 0 aromatic heterocycles. The van der Waals surface area contributed by atoms with E-state index in [4.69, 9.17) is 4.74 Å². The number of aryl methyl sites for hydroxylation is 1. The van der Waals surface area contributed by atoms with Crippen LogP contribution >= 0.6 is 0 Å². The molecule has 0 saturated heterocycles. The Balaban J connectivity index is 1.76. The SMILES string of the molecule is C=CCc1c(O)cc(C)c2c1CC[C@@](C)(CCCC(C)CCCC(C)CCCC(C)C)O2. The van der Waals surface area contributed by atoms with Crippen molar-refractivity contribution in [3.8, 4) is 11.5 Å². The van der Waals surface area contributed by atoms with Crippen LogP contribution in [0.4, 0.5) is 0 Å². The fourth-order valence-electron chi connectivity index (χ4n) is 5.33. The highest BCUT2D eigenvalue weighted by atomic mass is 16.5. The number of hydrogen-bond donors (Lipinski definition) is 1. The first-order chi connectivity index (χ1) is 15.1. The number of ether oxygens (including phenoxy) is 1. The Hall–Kier alpha value is -1.44. The van der Waals surface area contributed by atoms with Gasteiger partial charge in [0.05, 0.1) is 0 Å². The van der Waals surface area contributed by atoms with Gasteiger partial charge in [-0.05, 0) is 75.3 Å². The molecule has 1 heterocycles. The normalized spacial score (nSPS) is 20.0. The molecule has 182 valence electrons. The summed E-state index contributed by atoms with van der Waals surface area (Å²) in [5, 5.41) is 10.4. The van der Waals surface area contributed by atoms with Gasteiger partial charge in [0, 0.05) is 11.1 Å². The quantitative estimate of drug-likeness (QED) is 0.291. The Labute approximate surface area is 198 Å². The zero-order valence-electron chi connectivity index (χ0n) is 21.9. The van der Waals surface area contributed by atoms with Gasteiger partial charge in [-0.3, -0.25) is 0 Å². The van der Waals surface area contributed by atoms with Gasteiger partial charge in [-0.1, -0.05) is 78.7 Å². The largest absolute Gasteiger partial charge is 0.508 e. The summed E-state index contributed by atoms with van der Waals surface area (Å²) in [6.07, 6.45) is 16.5. The fraction of sp³-hybridized carbons (Fsp3) is 0.733. The number of rotatable bonds is 14. The van der Waals surface area contributed by atoms with E-state index in [-0.39, 0.29) is 5.60 Å². The van der Waals surface area contributed by atoms with Crippen molar-refractivity contribution in [1.29, 1.82) is 0 Å². The van der Waals surface area contributed by atoms with Crippen LogP contribution < -0.4 is 4.74 Å². The average molecular weight is 443 g/mol. The van der Waals surface area contributed by atoms with Crippen LogP contribution in [0.1, 0.15) is 116 Å². The number of hydrogen-bond acceptors (Lipinski definition) is 2. The van der Waals surface area contributed by atoms with Gasteiger partial charge < -0.3 is 9.84 Å². The Morgan fingerprint density at radius 2 is 1.62 bits per heavy atom. The van der Waals surface area contributed by atoms with Crippen molar-refractivity contribution < 1.29 is 9.84 Å². The van der Waals surface area contributed by atoms with Gasteiger partial charge in [0.2, 0.25) is 0 Å². The third kappa shape index (κ3) is 8.16. The standard InChI is InChI=1S/C30H50O2/c1-8-12-26-27-18-20-30(7,32-29(27)25(6)21-28(26)31)19-11-17-24(5)16-10-15-23(4)14-9-13-22(2)3/h8,21-24,31H,1,9-20H2,2-7H3/t23?,24?,30-/m1/s1. The molecule has 2 nitrogen and oxygen atoms in total. The minimum absolute atomic E-state index is 0.0924. The number of fused-ring (bicyclic) bond motifs is 1. The van der Waals surface area contributed by atoms with E-state index in [1.807, 2.05) is 19.1 Å². The topological polar surface area (TPSA) is 29.5 Å². The molecule has 2 rings (SSSR count). The first-order valence-electron chi connectivity index (χ1n) is 13.3. The maximum atomic E-state index is 10.4. The fourth-order valence-corrected chi connectivity index (χ4v) is 5.33. The van der Waals surface area contributed by atoms with Crippen molar-refractivity contribution in [1.82, 2.24) is 0 Å². The van der Waals surface area contributed by atoms with E-state index < -0.39 is 0 Å². The predicted octanol–water partition coefficient (Wildman–Crippen LogP) is 8.95. The second-order valence-corrected chi connectivity index (χ2v) is 11.4. The van der Waals surface area contributed by atoms with Gasteiger partial charge in [0.25, 0.3) is 0 Å². The zero-order chi connectivity index (χ0) is 23.7. The molecule has 0 fully saturated rings. The summed E-state index contributed by atoms with van der Waals surface area (Å²) in [7, 11) is 0. The number of phenols is 1. The van der Waals surface area contributed by atoms with Gasteiger partial charge in [-0.2, -0.15) is 0 Å². The summed E-state index contributed by atoms with van der Waals surface area (Å²) < 4.78 is 6.60. The van der Waals surface area contributed by atoms with Crippen molar-refractivity contribution in [3.05, 3.63) is 35.4 Å². The van der Waals surface area contributed by atoms with Crippen molar-refractivity contribution in [2.24, 2.45) is 17.8 Å². The molecule has 2 unspecified atom stereocenters. The molecule has 1 aromatic rings. The Morgan fingerprint density at radius 1 is 1.03 bits per heavy atom. The Morgan fingerprint density at radius 3 is 2.22 bits per heavy atom. The van der Waals surface area contributed by atoms with Crippen molar-refractivity contribution in [2.75, 3.05) is 0 Å². The summed E-state index contributed by atoms with van der Waals surface area (Å²) in [5.41, 5.74) is 3.14. The summed E-state index contributed by atoms with van der Waals surface area (Å²) >= 11 is 0. The van der Waals surface area contributed by atoms with Crippen LogP contribution in [0, 0.1) is 24.7 Å². The molecule has 0 aliphatic carbocycles. The minimum atomic E-state index is -0.0924. The molecule has 1 aromatic carbocycles. The molecule has 3 atom stereocenters. The van der Waals surface area contributed by atoms with Gasteiger partial charge in [0.1, 0.15) is 17.1 Å². The maximum Gasteiger partial charge on any atom is 0.126 e. The molecule has 1 N–H and O–H groups in total. The molecule has 2 heteroatoms. The monoisotopic (exact) mass is 442 g/mol. The second kappa shape index (κ2) is 12.7. The van der Waals surface area contributed by atoms with E-state index in [0.717, 1.165) is 53.9 Å². The molecule has 0 saturated carbocycles. The molecule has 0 bridgehead atoms. The minimum Gasteiger partial charge on any atom is -0.508 e. The lowest BCUT2D eigenvalue weighted by Crippen LogP contribution is -2.37. The number of benzene rings is 1. The van der Waals surface area contributed by atoms with Crippen LogP contribution in [0.2, 0.25) is 0 Å². The Kier molecular flexibility index (Phi) is 10.6. The smallest absolute Gasteiger partial charge is 0.126 e. The molecule has 32 heavy (non-hydrogen) atoms. The van der Waals surface area contributed by atoms with Gasteiger partial charge in [-0.15, -0.1) is 6.58 Å². The molecule has 0 radical (unpaired) electrons. The van der Waals surface area contributed by atoms with E-state index in [9.17, 15) is 5.11 Å². The lowest BCUT2D eigenvalue weighted by molar-refractivity contribution is 0.0512. The highest BCUT2D eigenvalue weighted by molar-refractivity contribution is 5.54. The molecular weight excluding hydrogens is 392 g/mol. The maximum absolute atomic E-state index is 10.4. The summed E-state index contributed by atoms with van der Waals surface area (Å²) in [5.74, 6) is 3.92. The lowest BCUT2D eigenvalue weighted by atomic mass is 9.84. The van der Waals surface area contributed by atoms with E-state index in [0.29, 0.717) is 12.2 Å². The number of phenolic OH excluding ortho intramolecular Hbond substituents is 1. The summed E-state index contributed by atoms with van der Waals surface area (Å²) in [6.45, 7) is 17.7. The van der Waals surface area contributed by atoms with Crippen molar-refractivity contribution >= 4 is 0 Å². The van der Waals surface area contributed by atoms with Crippen LogP contribution in [0.15, 0.2) is 18.7 Å². The second-order valence-electron chi connectivity index (χ2n) is 11.4. The Bertz CT molecular complexity index is 720. The van der Waals surface area contributed by atoms with Gasteiger partial charge in [-0.25, -0.2) is 0 Å². The van der Waals surface area contributed by atoms with Gasteiger partial charge in [0.15, 0.2) is 0 Å². The highest BCUT2D eigenvalue weighted by Crippen LogP contribution is 2.43. The zero-order valence-corrected chi connectivity index (χ0v) is 21.9. The lowest BCUT2D eigenvalue weighted by Gasteiger charge is -2.38. The first-order valence-corrected chi connectivity index (χ1v) is 13.3. The predicted molar refractivity (Wildman–Crippen MR) is 139 cm³/mol. The van der Waals surface area contributed by atoms with Crippen LogP contribution in [0.25, 0.3) is 0 Å². The van der Waals surface area contributed by atoms with Gasteiger partial charge >= 0.3 is 0 Å². The summed E-state index contributed by atoms with van der Waals surface area (Å²) in [6, 6.07) is 1.86. The van der Waals surface area contributed by atoms with Crippen LogP contribution in [-0.2, 0) is 12.8 Å². The highest BCUT2D eigenvalue weighted by Gasteiger charge is 2.33. The third-order valence-corrected chi connectivity index (χ3v) is 7.53. The van der Waals surface area contributed by atoms with Crippen LogP contribution in [0.5, 0.6) is 11.5 Å². The number of allylic oxidation sites excluding steroid dienone is 1. The van der Waals surface area contributed by atoms with E-state index >= 15 is 0 Å². The van der Waals surface area contributed by atoms with E-state index in [2.05, 4.69) is 41.2 Å². The number of aromatic hydroxyl groups is 1. The molecule has 1 aliphatic heterocycles. The third-order valence-electron chi connectivity index (χ3n) is 7.53. The van der Waals surface area contributed by atoms with Crippen molar-refractivity contribution in [2.45, 2.75) is 124 Å². The van der Waals surface area contributed by atoms with Crippen LogP contribution in [-0.4, -0.2) is 10.7 Å². The van der Waals surface area contributed by atoms with Crippen LogP contribution in [0.3, 0.4) is 0 Å². The molecule has 0 spiro atoms. The van der Waals surface area contributed by atoms with Crippen molar-refractivity contribution in [3.63, 3.8) is 0 Å². The van der Waals surface area contributed by atoms with E-state index in [1.165, 1.54) is 56.9 Å². The summed E-state index contributed by atoms with van der Waals surface area (Å²) in [4.78, 5) is 0. The molecule has 0 amide bonds. The van der Waals surface area contributed by atoms with E-state index in [1.54, 1.807) is 0 Å².